The molecular formula is C20H31NO6S. The third-order valence-electron chi connectivity index (χ3n) is 4.17. The van der Waals surface area contributed by atoms with Crippen LogP contribution in [0.25, 0.3) is 0 Å². The van der Waals surface area contributed by atoms with Gasteiger partial charge in [0, 0.05) is 25.0 Å². The summed E-state index contributed by atoms with van der Waals surface area (Å²) in [4.78, 5) is 22.0. The first kappa shape index (κ1) is 25.8. The topological polar surface area (TPSA) is 112 Å². The van der Waals surface area contributed by atoms with Gasteiger partial charge >= 0.3 is 11.9 Å². The van der Waals surface area contributed by atoms with Gasteiger partial charge in [0.2, 0.25) is 0 Å². The summed E-state index contributed by atoms with van der Waals surface area (Å²) < 4.78 is 23.2. The van der Waals surface area contributed by atoms with Crippen molar-refractivity contribution in [3.8, 4) is 0 Å². The van der Waals surface area contributed by atoms with Crippen molar-refractivity contribution >= 4 is 21.8 Å². The van der Waals surface area contributed by atoms with Crippen molar-refractivity contribution in [3.05, 3.63) is 42.0 Å². The molecule has 0 spiro atoms. The largest absolute Gasteiger partial charge is 0.478 e. The van der Waals surface area contributed by atoms with Gasteiger partial charge in [-0.05, 0) is 56.0 Å². The molecule has 0 amide bonds. The van der Waals surface area contributed by atoms with Gasteiger partial charge in [-0.3, -0.25) is 0 Å². The number of hydrogen-bond acceptors (Lipinski definition) is 5. The van der Waals surface area contributed by atoms with Crippen LogP contribution in [0.2, 0.25) is 0 Å². The molecule has 1 saturated heterocycles. The molecular weight excluding hydrogens is 382 g/mol. The minimum Gasteiger partial charge on any atom is -0.478 e. The van der Waals surface area contributed by atoms with Gasteiger partial charge in [0.1, 0.15) is 0 Å². The average Bonchev–Trinajstić information content (AvgIpc) is 2.60. The Morgan fingerprint density at radius 1 is 1.21 bits per heavy atom. The van der Waals surface area contributed by atoms with Gasteiger partial charge in [0.25, 0.3) is 0 Å². The number of carboxylic acids is 2. The highest BCUT2D eigenvalue weighted by atomic mass is 32.2. The van der Waals surface area contributed by atoms with E-state index in [1.54, 1.807) is 6.07 Å². The van der Waals surface area contributed by atoms with Crippen molar-refractivity contribution in [1.82, 2.24) is 4.90 Å². The number of carboxylic acid groups (broad SMARTS) is 2. The number of aliphatic carboxylic acids is 2. The molecule has 1 aromatic carbocycles. The molecule has 0 bridgehead atoms. The predicted molar refractivity (Wildman–Crippen MR) is 109 cm³/mol. The summed E-state index contributed by atoms with van der Waals surface area (Å²) in [5, 5.41) is 15.6. The monoisotopic (exact) mass is 413 g/mol. The Morgan fingerprint density at radius 2 is 1.82 bits per heavy atom. The van der Waals surface area contributed by atoms with Crippen LogP contribution in [0, 0.1) is 0 Å². The van der Waals surface area contributed by atoms with Crippen LogP contribution in [0.1, 0.15) is 45.1 Å². The summed E-state index contributed by atoms with van der Waals surface area (Å²) in [6.07, 6.45) is 5.93. The van der Waals surface area contributed by atoms with Crippen LogP contribution in [-0.4, -0.2) is 61.4 Å². The zero-order valence-electron chi connectivity index (χ0n) is 15.7. The fraction of sp³-hybridized carbons (Fsp3) is 0.500. The lowest BCUT2D eigenvalue weighted by Crippen LogP contribution is -2.34. The summed E-state index contributed by atoms with van der Waals surface area (Å²) in [6.45, 7) is 5.58. The highest BCUT2D eigenvalue weighted by Crippen LogP contribution is 2.28. The van der Waals surface area contributed by atoms with E-state index in [0.717, 1.165) is 19.5 Å². The number of piperidine rings is 1. The molecule has 1 aliphatic rings. The summed E-state index contributed by atoms with van der Waals surface area (Å²) in [6, 6.07) is 7.47. The van der Waals surface area contributed by atoms with Gasteiger partial charge < -0.3 is 15.1 Å². The van der Waals surface area contributed by atoms with E-state index in [1.807, 2.05) is 12.1 Å². The lowest BCUT2D eigenvalue weighted by molar-refractivity contribution is -0.134. The Bertz CT molecular complexity index is 755. The van der Waals surface area contributed by atoms with Crippen LogP contribution in [0.5, 0.6) is 0 Å². The van der Waals surface area contributed by atoms with Crippen LogP contribution < -0.4 is 0 Å². The SMILES string of the molecule is C.CCCN1CCC[C@@H](c2cccc(S(C)(=O)=O)c2)C1.O=C(O)/C=C/C(=O)O. The van der Waals surface area contributed by atoms with Gasteiger partial charge in [0.05, 0.1) is 4.90 Å². The zero-order valence-corrected chi connectivity index (χ0v) is 16.5. The first-order valence-corrected chi connectivity index (χ1v) is 10.7. The van der Waals surface area contributed by atoms with Crippen molar-refractivity contribution in [1.29, 1.82) is 0 Å². The molecule has 1 aliphatic heterocycles. The molecule has 1 atom stereocenters. The summed E-state index contributed by atoms with van der Waals surface area (Å²) in [5.41, 5.74) is 1.17. The molecule has 0 aliphatic carbocycles. The number of nitrogens with zero attached hydrogens (tertiary/aromatic N) is 1. The van der Waals surface area contributed by atoms with Gasteiger partial charge in [-0.15, -0.1) is 0 Å². The summed E-state index contributed by atoms with van der Waals surface area (Å²) >= 11 is 0. The minimum absolute atomic E-state index is 0. The summed E-state index contributed by atoms with van der Waals surface area (Å²) in [5.74, 6) is -2.04. The Balaban J connectivity index is 0.000000694. The molecule has 1 heterocycles. The maximum Gasteiger partial charge on any atom is 0.328 e. The fourth-order valence-corrected chi connectivity index (χ4v) is 3.66. The van der Waals surface area contributed by atoms with E-state index < -0.39 is 21.8 Å². The Hall–Kier alpha value is -2.19. The van der Waals surface area contributed by atoms with Crippen molar-refractivity contribution in [2.45, 2.75) is 44.4 Å². The minimum atomic E-state index is -3.10. The normalized spacial score (nSPS) is 17.3. The quantitative estimate of drug-likeness (QED) is 0.689. The lowest BCUT2D eigenvalue weighted by atomic mass is 9.90. The third kappa shape index (κ3) is 9.66. The highest BCUT2D eigenvalue weighted by molar-refractivity contribution is 7.90. The van der Waals surface area contributed by atoms with Gasteiger partial charge in [-0.25, -0.2) is 18.0 Å². The Labute approximate surface area is 167 Å². The second-order valence-corrected chi connectivity index (χ2v) is 8.51. The molecule has 2 N–H and O–H groups in total. The van der Waals surface area contributed by atoms with Crippen molar-refractivity contribution in [3.63, 3.8) is 0 Å². The number of benzene rings is 1. The first-order valence-electron chi connectivity index (χ1n) is 8.79. The number of carbonyl (C=O) groups is 2. The van der Waals surface area contributed by atoms with E-state index in [9.17, 15) is 18.0 Å². The molecule has 1 aromatic rings. The Morgan fingerprint density at radius 3 is 2.32 bits per heavy atom. The second-order valence-electron chi connectivity index (χ2n) is 6.49. The molecule has 0 aromatic heterocycles. The molecule has 0 unspecified atom stereocenters. The van der Waals surface area contributed by atoms with E-state index in [-0.39, 0.29) is 7.43 Å². The Kier molecular flexibility index (Phi) is 11.3. The number of rotatable bonds is 6. The van der Waals surface area contributed by atoms with Gasteiger partial charge in [-0.2, -0.15) is 0 Å². The van der Waals surface area contributed by atoms with E-state index in [0.29, 0.717) is 23.0 Å². The van der Waals surface area contributed by atoms with Crippen LogP contribution in [0.3, 0.4) is 0 Å². The summed E-state index contributed by atoms with van der Waals surface area (Å²) in [7, 11) is -3.10. The molecule has 8 heteroatoms. The maximum absolute atomic E-state index is 11.6. The van der Waals surface area contributed by atoms with Crippen LogP contribution in [-0.2, 0) is 19.4 Å². The number of hydrogen-bond donors (Lipinski definition) is 2. The number of sulfone groups is 1. The van der Waals surface area contributed by atoms with Gasteiger partial charge in [0.15, 0.2) is 9.84 Å². The molecule has 0 saturated carbocycles. The van der Waals surface area contributed by atoms with E-state index >= 15 is 0 Å². The van der Waals surface area contributed by atoms with Crippen LogP contribution in [0.15, 0.2) is 41.3 Å². The first-order chi connectivity index (χ1) is 12.6. The van der Waals surface area contributed by atoms with Gasteiger partial charge in [-0.1, -0.05) is 26.5 Å². The predicted octanol–water partition coefficient (Wildman–Crippen LogP) is 3.03. The smallest absolute Gasteiger partial charge is 0.328 e. The van der Waals surface area contributed by atoms with E-state index in [4.69, 9.17) is 10.2 Å². The van der Waals surface area contributed by atoms with Crippen molar-refractivity contribution in [2.75, 3.05) is 25.9 Å². The molecule has 1 fully saturated rings. The molecule has 2 rings (SSSR count). The van der Waals surface area contributed by atoms with Crippen molar-refractivity contribution in [2.24, 2.45) is 0 Å². The fourth-order valence-electron chi connectivity index (χ4n) is 2.99. The van der Waals surface area contributed by atoms with Crippen LogP contribution in [0.4, 0.5) is 0 Å². The maximum atomic E-state index is 11.6. The molecule has 158 valence electrons. The van der Waals surface area contributed by atoms with Crippen LogP contribution >= 0.6 is 0 Å². The average molecular weight is 414 g/mol. The van der Waals surface area contributed by atoms with Crippen molar-refractivity contribution < 1.29 is 28.2 Å². The highest BCUT2D eigenvalue weighted by Gasteiger charge is 2.21. The standard InChI is InChI=1S/C15H23NO2S.C4H4O4.CH4/c1-3-9-16-10-5-7-14(12-16)13-6-4-8-15(11-13)19(2,17)18;5-3(6)1-2-4(7)8;/h4,6,8,11,14H,3,5,7,9-10,12H2,1-2H3;1-2H,(H,5,6)(H,7,8);1H4/b;2-1+;/t14-;;/m1../s1. The molecule has 7 nitrogen and oxygen atoms in total. The van der Waals surface area contributed by atoms with E-state index in [2.05, 4.69) is 17.9 Å². The van der Waals surface area contributed by atoms with E-state index in [1.165, 1.54) is 31.2 Å². The molecule has 28 heavy (non-hydrogen) atoms. The second kappa shape index (κ2) is 12.3. The lowest BCUT2D eigenvalue weighted by Gasteiger charge is -2.32. The third-order valence-corrected chi connectivity index (χ3v) is 5.28. The molecule has 0 radical (unpaired) electrons. The zero-order chi connectivity index (χ0) is 20.4. The number of likely N-dealkylation sites (tertiary alicyclic amines) is 1.